The molecule has 0 atom stereocenters. The molecule has 0 fully saturated rings. The predicted molar refractivity (Wildman–Crippen MR) is 58.4 cm³/mol. The Bertz CT molecular complexity index is 580. The van der Waals surface area contributed by atoms with Gasteiger partial charge in [-0.05, 0) is 0 Å². The molecule has 2 aromatic rings. The van der Waals surface area contributed by atoms with Crippen molar-refractivity contribution in [2.75, 3.05) is 6.61 Å². The highest BCUT2D eigenvalue weighted by Crippen LogP contribution is 2.29. The quantitative estimate of drug-likeness (QED) is 0.790. The van der Waals surface area contributed by atoms with E-state index in [-0.39, 0.29) is 10.8 Å². The molecule has 0 aliphatic rings. The second-order valence-corrected chi connectivity index (χ2v) is 3.88. The van der Waals surface area contributed by atoms with Crippen molar-refractivity contribution >= 4 is 11.6 Å². The summed E-state index contributed by atoms with van der Waals surface area (Å²) in [5.41, 5.74) is 0. The molecule has 2 rings (SSSR count). The van der Waals surface area contributed by atoms with Crippen molar-refractivity contribution in [3.8, 4) is 11.7 Å². The van der Waals surface area contributed by atoms with Gasteiger partial charge in [0.1, 0.15) is 24.0 Å². The Morgan fingerprint density at radius 2 is 2.05 bits per heavy atom. The number of ether oxygens (including phenoxy) is 1. The van der Waals surface area contributed by atoms with E-state index in [1.54, 1.807) is 0 Å². The van der Waals surface area contributed by atoms with Crippen molar-refractivity contribution in [2.24, 2.45) is 0 Å². The number of alkyl halides is 4. The highest BCUT2D eigenvalue weighted by Gasteiger charge is 2.42. The van der Waals surface area contributed by atoms with Crippen LogP contribution in [-0.4, -0.2) is 43.7 Å². The van der Waals surface area contributed by atoms with Gasteiger partial charge in [0, 0.05) is 0 Å². The topological polar surface area (TPSA) is 65.7 Å². The molecule has 0 radical (unpaired) electrons. The SMILES string of the molecule is FC(F)C(F)(F)COc1ncnc(-n2cncn2)c1Cl. The van der Waals surface area contributed by atoms with E-state index in [0.717, 1.165) is 11.0 Å². The Morgan fingerprint density at radius 1 is 1.30 bits per heavy atom. The van der Waals surface area contributed by atoms with Crippen LogP contribution in [0.5, 0.6) is 5.88 Å². The average Bonchev–Trinajstić information content (AvgIpc) is 2.91. The highest BCUT2D eigenvalue weighted by atomic mass is 35.5. The fraction of sp³-hybridized carbons (Fsp3) is 0.333. The van der Waals surface area contributed by atoms with E-state index in [1.165, 1.54) is 12.7 Å². The summed E-state index contributed by atoms with van der Waals surface area (Å²) in [5, 5.41) is 3.49. The standard InChI is InChI=1S/C9H6ClF4N5O/c10-5-6(19-4-15-2-18-19)16-3-17-7(5)20-1-9(13,14)8(11)12/h2-4,8H,1H2. The van der Waals surface area contributed by atoms with Crippen LogP contribution < -0.4 is 4.74 Å². The first-order valence-electron chi connectivity index (χ1n) is 5.06. The molecule has 0 unspecified atom stereocenters. The maximum absolute atomic E-state index is 12.7. The third-order valence-corrected chi connectivity index (χ3v) is 2.43. The van der Waals surface area contributed by atoms with Crippen LogP contribution in [0.4, 0.5) is 17.6 Å². The third-order valence-electron chi connectivity index (χ3n) is 2.10. The molecule has 6 nitrogen and oxygen atoms in total. The van der Waals surface area contributed by atoms with Crippen LogP contribution in [0.1, 0.15) is 0 Å². The Balaban J connectivity index is 2.20. The molecule has 0 amide bonds. The summed E-state index contributed by atoms with van der Waals surface area (Å²) in [4.78, 5) is 10.9. The van der Waals surface area contributed by atoms with Crippen LogP contribution in [0.25, 0.3) is 5.82 Å². The summed E-state index contributed by atoms with van der Waals surface area (Å²) in [7, 11) is 0. The van der Waals surface area contributed by atoms with E-state index < -0.39 is 24.8 Å². The van der Waals surface area contributed by atoms with Gasteiger partial charge in [-0.1, -0.05) is 11.6 Å². The average molecular weight is 312 g/mol. The van der Waals surface area contributed by atoms with Crippen LogP contribution in [0, 0.1) is 0 Å². The number of rotatable bonds is 5. The second kappa shape index (κ2) is 5.57. The summed E-state index contributed by atoms with van der Waals surface area (Å²) in [5.74, 6) is -4.73. The van der Waals surface area contributed by atoms with Crippen molar-refractivity contribution in [3.05, 3.63) is 24.0 Å². The zero-order valence-electron chi connectivity index (χ0n) is 9.55. The van der Waals surface area contributed by atoms with Crippen molar-refractivity contribution < 1.29 is 22.3 Å². The van der Waals surface area contributed by atoms with E-state index >= 15 is 0 Å². The number of aromatic nitrogens is 5. The molecule has 0 spiro atoms. The van der Waals surface area contributed by atoms with Gasteiger partial charge in [-0.2, -0.15) is 13.9 Å². The van der Waals surface area contributed by atoms with Crippen LogP contribution in [0.3, 0.4) is 0 Å². The van der Waals surface area contributed by atoms with E-state index in [2.05, 4.69) is 24.8 Å². The Morgan fingerprint density at radius 3 is 2.65 bits per heavy atom. The molecule has 0 aromatic carbocycles. The molecule has 20 heavy (non-hydrogen) atoms. The van der Waals surface area contributed by atoms with E-state index in [0.29, 0.717) is 0 Å². The summed E-state index contributed by atoms with van der Waals surface area (Å²) < 4.78 is 55.2. The molecule has 2 aromatic heterocycles. The first-order valence-corrected chi connectivity index (χ1v) is 5.44. The zero-order chi connectivity index (χ0) is 14.8. The lowest BCUT2D eigenvalue weighted by Gasteiger charge is -2.16. The van der Waals surface area contributed by atoms with Gasteiger partial charge in [-0.25, -0.2) is 28.4 Å². The van der Waals surface area contributed by atoms with E-state index in [1.807, 2.05) is 0 Å². The summed E-state index contributed by atoms with van der Waals surface area (Å²) in [6.07, 6.45) is -0.424. The molecule has 0 N–H and O–H groups in total. The highest BCUT2D eigenvalue weighted by molar-refractivity contribution is 6.33. The van der Waals surface area contributed by atoms with Crippen molar-refractivity contribution in [2.45, 2.75) is 12.3 Å². The Labute approximate surface area is 114 Å². The van der Waals surface area contributed by atoms with Crippen molar-refractivity contribution in [1.82, 2.24) is 24.7 Å². The van der Waals surface area contributed by atoms with Crippen LogP contribution in [0.2, 0.25) is 5.02 Å². The molecule has 2 heterocycles. The Hall–Kier alpha value is -1.97. The summed E-state index contributed by atoms with van der Waals surface area (Å²) >= 11 is 5.84. The Kier molecular flexibility index (Phi) is 4.02. The lowest BCUT2D eigenvalue weighted by Crippen LogP contribution is -2.34. The molecule has 108 valence electrons. The van der Waals surface area contributed by atoms with Gasteiger partial charge in [0.2, 0.25) is 5.88 Å². The first-order chi connectivity index (χ1) is 9.42. The van der Waals surface area contributed by atoms with E-state index in [4.69, 9.17) is 11.6 Å². The fourth-order valence-electron chi connectivity index (χ4n) is 1.15. The molecule has 0 saturated carbocycles. The van der Waals surface area contributed by atoms with Crippen LogP contribution in [0.15, 0.2) is 19.0 Å². The lowest BCUT2D eigenvalue weighted by atomic mass is 10.4. The largest absolute Gasteiger partial charge is 0.470 e. The van der Waals surface area contributed by atoms with Gasteiger partial charge in [0.25, 0.3) is 0 Å². The van der Waals surface area contributed by atoms with Gasteiger partial charge < -0.3 is 4.74 Å². The van der Waals surface area contributed by atoms with Gasteiger partial charge >= 0.3 is 12.3 Å². The number of hydrogen-bond donors (Lipinski definition) is 0. The van der Waals surface area contributed by atoms with Gasteiger partial charge in [-0.3, -0.25) is 0 Å². The molecule has 11 heteroatoms. The smallest absolute Gasteiger partial charge is 0.340 e. The number of hydrogen-bond acceptors (Lipinski definition) is 5. The minimum Gasteiger partial charge on any atom is -0.470 e. The monoisotopic (exact) mass is 311 g/mol. The first kappa shape index (κ1) is 14.4. The number of nitrogens with zero attached hydrogens (tertiary/aromatic N) is 5. The zero-order valence-corrected chi connectivity index (χ0v) is 10.3. The molecule has 0 bridgehead atoms. The van der Waals surface area contributed by atoms with Crippen molar-refractivity contribution in [1.29, 1.82) is 0 Å². The van der Waals surface area contributed by atoms with Crippen LogP contribution >= 0.6 is 11.6 Å². The third kappa shape index (κ3) is 2.95. The predicted octanol–water partition coefficient (Wildman–Crippen LogP) is 1.99. The normalized spacial score (nSPS) is 11.9. The van der Waals surface area contributed by atoms with E-state index in [9.17, 15) is 17.6 Å². The van der Waals surface area contributed by atoms with Crippen LogP contribution in [-0.2, 0) is 0 Å². The van der Waals surface area contributed by atoms with Gasteiger partial charge in [0.15, 0.2) is 12.4 Å². The maximum Gasteiger partial charge on any atom is 0.340 e. The molecule has 0 saturated heterocycles. The maximum atomic E-state index is 12.7. The van der Waals surface area contributed by atoms with Gasteiger partial charge in [-0.15, -0.1) is 0 Å². The number of halogens is 5. The molecular formula is C9H6ClF4N5O. The fourth-order valence-corrected chi connectivity index (χ4v) is 1.39. The lowest BCUT2D eigenvalue weighted by molar-refractivity contribution is -0.148. The van der Waals surface area contributed by atoms with Crippen molar-refractivity contribution in [3.63, 3.8) is 0 Å². The summed E-state index contributed by atoms with van der Waals surface area (Å²) in [6.45, 7) is -1.56. The minimum atomic E-state index is -4.30. The second-order valence-electron chi connectivity index (χ2n) is 3.51. The minimum absolute atomic E-state index is 0.0227. The molecule has 0 aliphatic carbocycles. The summed E-state index contributed by atoms with van der Waals surface area (Å²) in [6, 6.07) is 0. The molecule has 0 aliphatic heterocycles. The molecular weight excluding hydrogens is 306 g/mol. The van der Waals surface area contributed by atoms with Gasteiger partial charge in [0.05, 0.1) is 0 Å².